The minimum atomic E-state index is 0.616. The van der Waals surface area contributed by atoms with Crippen molar-refractivity contribution in [1.82, 2.24) is 0 Å². The lowest BCUT2D eigenvalue weighted by Gasteiger charge is -2.14. The van der Waals surface area contributed by atoms with Crippen molar-refractivity contribution in [2.45, 2.75) is 0 Å². The SMILES string of the molecule is COc1cc(NCCSC)cc(OC)c1OC. The number of benzene rings is 1. The molecule has 0 saturated carbocycles. The number of ether oxygens (including phenoxy) is 3. The summed E-state index contributed by atoms with van der Waals surface area (Å²) in [6.07, 6.45) is 2.08. The van der Waals surface area contributed by atoms with Crippen LogP contribution in [-0.4, -0.2) is 39.9 Å². The maximum Gasteiger partial charge on any atom is 0.203 e. The zero-order valence-electron chi connectivity index (χ0n) is 10.7. The second-order valence-corrected chi connectivity index (χ2v) is 4.32. The highest BCUT2D eigenvalue weighted by molar-refractivity contribution is 7.98. The molecule has 0 spiro atoms. The lowest BCUT2D eigenvalue weighted by atomic mass is 10.2. The third-order valence-electron chi connectivity index (χ3n) is 2.30. The van der Waals surface area contributed by atoms with Gasteiger partial charge < -0.3 is 19.5 Å². The highest BCUT2D eigenvalue weighted by Gasteiger charge is 2.12. The number of thioether (sulfide) groups is 1. The van der Waals surface area contributed by atoms with Crippen molar-refractivity contribution in [2.75, 3.05) is 45.2 Å². The molecule has 17 heavy (non-hydrogen) atoms. The van der Waals surface area contributed by atoms with Crippen LogP contribution in [0.3, 0.4) is 0 Å². The standard InChI is InChI=1S/C12H19NO3S/c1-14-10-7-9(13-5-6-17-4)8-11(15-2)12(10)16-3/h7-8,13H,5-6H2,1-4H3. The summed E-state index contributed by atoms with van der Waals surface area (Å²) in [7, 11) is 4.83. The quantitative estimate of drug-likeness (QED) is 0.760. The fourth-order valence-corrected chi connectivity index (χ4v) is 1.79. The molecule has 0 aliphatic heterocycles. The number of nitrogens with one attached hydrogen (secondary N) is 1. The molecule has 0 aliphatic rings. The third kappa shape index (κ3) is 3.63. The Morgan fingerprint density at radius 1 is 1.06 bits per heavy atom. The minimum absolute atomic E-state index is 0.616. The minimum Gasteiger partial charge on any atom is -0.493 e. The van der Waals surface area contributed by atoms with E-state index in [0.717, 1.165) is 18.0 Å². The fraction of sp³-hybridized carbons (Fsp3) is 0.500. The monoisotopic (exact) mass is 257 g/mol. The predicted molar refractivity (Wildman–Crippen MR) is 73.0 cm³/mol. The second-order valence-electron chi connectivity index (χ2n) is 3.33. The molecule has 1 N–H and O–H groups in total. The largest absolute Gasteiger partial charge is 0.493 e. The topological polar surface area (TPSA) is 39.7 Å². The third-order valence-corrected chi connectivity index (χ3v) is 2.91. The summed E-state index contributed by atoms with van der Waals surface area (Å²) in [6.45, 7) is 0.903. The van der Waals surface area contributed by atoms with Crippen LogP contribution in [0.4, 0.5) is 5.69 Å². The van der Waals surface area contributed by atoms with Crippen LogP contribution in [0.2, 0.25) is 0 Å². The highest BCUT2D eigenvalue weighted by Crippen LogP contribution is 2.39. The Bertz CT molecular complexity index is 333. The molecule has 0 amide bonds. The van der Waals surface area contributed by atoms with Gasteiger partial charge in [-0.1, -0.05) is 0 Å². The lowest BCUT2D eigenvalue weighted by molar-refractivity contribution is 0.324. The van der Waals surface area contributed by atoms with Gasteiger partial charge in [0, 0.05) is 30.1 Å². The van der Waals surface area contributed by atoms with Crippen molar-refractivity contribution in [1.29, 1.82) is 0 Å². The van der Waals surface area contributed by atoms with E-state index in [-0.39, 0.29) is 0 Å². The number of hydrogen-bond acceptors (Lipinski definition) is 5. The van der Waals surface area contributed by atoms with Gasteiger partial charge in [-0.25, -0.2) is 0 Å². The molecule has 0 atom stereocenters. The molecule has 0 radical (unpaired) electrons. The second kappa shape index (κ2) is 7.17. The predicted octanol–water partition coefficient (Wildman–Crippen LogP) is 2.49. The molecule has 0 fully saturated rings. The first-order valence-electron chi connectivity index (χ1n) is 5.29. The molecule has 0 bridgehead atoms. The van der Waals surface area contributed by atoms with Crippen molar-refractivity contribution in [3.63, 3.8) is 0 Å². The van der Waals surface area contributed by atoms with E-state index < -0.39 is 0 Å². The van der Waals surface area contributed by atoms with Crippen LogP contribution in [-0.2, 0) is 0 Å². The molecular formula is C12H19NO3S. The first-order chi connectivity index (χ1) is 8.26. The van der Waals surface area contributed by atoms with Gasteiger partial charge in [-0.2, -0.15) is 11.8 Å². The van der Waals surface area contributed by atoms with E-state index in [1.807, 2.05) is 12.1 Å². The summed E-state index contributed by atoms with van der Waals surface area (Å²) in [4.78, 5) is 0. The van der Waals surface area contributed by atoms with E-state index in [0.29, 0.717) is 17.2 Å². The van der Waals surface area contributed by atoms with Crippen LogP contribution >= 0.6 is 11.8 Å². The van der Waals surface area contributed by atoms with E-state index in [1.54, 1.807) is 33.1 Å². The van der Waals surface area contributed by atoms with Crippen molar-refractivity contribution in [3.05, 3.63) is 12.1 Å². The Labute approximate surface area is 107 Å². The number of hydrogen-bond donors (Lipinski definition) is 1. The van der Waals surface area contributed by atoms with Gasteiger partial charge in [0.2, 0.25) is 5.75 Å². The van der Waals surface area contributed by atoms with Crippen LogP contribution in [0.15, 0.2) is 12.1 Å². The Morgan fingerprint density at radius 2 is 1.65 bits per heavy atom. The van der Waals surface area contributed by atoms with Gasteiger partial charge in [-0.15, -0.1) is 0 Å². The number of methoxy groups -OCH3 is 3. The van der Waals surface area contributed by atoms with Gasteiger partial charge >= 0.3 is 0 Å². The van der Waals surface area contributed by atoms with Gasteiger partial charge in [-0.3, -0.25) is 0 Å². The van der Waals surface area contributed by atoms with Crippen LogP contribution < -0.4 is 19.5 Å². The summed E-state index contributed by atoms with van der Waals surface area (Å²) < 4.78 is 15.8. The average Bonchev–Trinajstić information content (AvgIpc) is 2.37. The zero-order chi connectivity index (χ0) is 12.7. The van der Waals surface area contributed by atoms with Gasteiger partial charge in [0.25, 0.3) is 0 Å². The Hall–Kier alpha value is -1.23. The van der Waals surface area contributed by atoms with Crippen molar-refractivity contribution in [2.24, 2.45) is 0 Å². The molecule has 0 aromatic heterocycles. The molecule has 0 aliphatic carbocycles. The van der Waals surface area contributed by atoms with Crippen LogP contribution in [0, 0.1) is 0 Å². The van der Waals surface area contributed by atoms with E-state index in [4.69, 9.17) is 14.2 Å². The Balaban J connectivity index is 2.92. The average molecular weight is 257 g/mol. The van der Waals surface area contributed by atoms with Crippen LogP contribution in [0.1, 0.15) is 0 Å². The first kappa shape index (κ1) is 13.8. The molecular weight excluding hydrogens is 238 g/mol. The van der Waals surface area contributed by atoms with Gasteiger partial charge in [-0.05, 0) is 6.26 Å². The molecule has 1 aromatic carbocycles. The smallest absolute Gasteiger partial charge is 0.203 e. The maximum atomic E-state index is 5.28. The van der Waals surface area contributed by atoms with Gasteiger partial charge in [0.05, 0.1) is 21.3 Å². The van der Waals surface area contributed by atoms with Gasteiger partial charge in [0.15, 0.2) is 11.5 Å². The summed E-state index contributed by atoms with van der Waals surface area (Å²) >= 11 is 1.80. The van der Waals surface area contributed by atoms with Crippen molar-refractivity contribution >= 4 is 17.4 Å². The molecule has 4 nitrogen and oxygen atoms in total. The first-order valence-corrected chi connectivity index (χ1v) is 6.69. The zero-order valence-corrected chi connectivity index (χ0v) is 11.5. The molecule has 0 heterocycles. The van der Waals surface area contributed by atoms with Crippen LogP contribution in [0.25, 0.3) is 0 Å². The Morgan fingerprint density at radius 3 is 2.06 bits per heavy atom. The Kier molecular flexibility index (Phi) is 5.83. The highest BCUT2D eigenvalue weighted by atomic mass is 32.2. The molecule has 0 saturated heterocycles. The molecule has 1 aromatic rings. The molecule has 0 unspecified atom stereocenters. The fourth-order valence-electron chi connectivity index (χ4n) is 1.48. The summed E-state index contributed by atoms with van der Waals surface area (Å²) in [5.74, 6) is 3.00. The molecule has 5 heteroatoms. The van der Waals surface area contributed by atoms with Gasteiger partial charge in [0.1, 0.15) is 0 Å². The van der Waals surface area contributed by atoms with E-state index >= 15 is 0 Å². The van der Waals surface area contributed by atoms with Crippen LogP contribution in [0.5, 0.6) is 17.2 Å². The number of rotatable bonds is 7. The summed E-state index contributed by atoms with van der Waals surface area (Å²) in [5.41, 5.74) is 0.966. The molecule has 96 valence electrons. The lowest BCUT2D eigenvalue weighted by Crippen LogP contribution is -2.05. The van der Waals surface area contributed by atoms with Crippen molar-refractivity contribution < 1.29 is 14.2 Å². The van der Waals surface area contributed by atoms with Crippen molar-refractivity contribution in [3.8, 4) is 17.2 Å². The normalized spacial score (nSPS) is 9.88. The maximum absolute atomic E-state index is 5.28. The summed E-state index contributed by atoms with van der Waals surface area (Å²) in [6, 6.07) is 3.81. The number of anilines is 1. The van der Waals surface area contributed by atoms with E-state index in [1.165, 1.54) is 0 Å². The van der Waals surface area contributed by atoms with E-state index in [9.17, 15) is 0 Å². The summed E-state index contributed by atoms with van der Waals surface area (Å²) in [5, 5.41) is 3.31. The molecule has 1 rings (SSSR count). The van der Waals surface area contributed by atoms with E-state index in [2.05, 4.69) is 11.6 Å².